The van der Waals surface area contributed by atoms with Crippen LogP contribution in [0.2, 0.25) is 0 Å². The van der Waals surface area contributed by atoms with Gasteiger partial charge in [-0.15, -0.1) is 0 Å². The zero-order chi connectivity index (χ0) is 15.1. The second kappa shape index (κ2) is 7.46. The molecule has 21 heavy (non-hydrogen) atoms. The maximum atomic E-state index is 12.2. The van der Waals surface area contributed by atoms with Gasteiger partial charge in [0.25, 0.3) is 5.91 Å². The first kappa shape index (κ1) is 15.1. The van der Waals surface area contributed by atoms with E-state index in [1.807, 2.05) is 6.07 Å². The first-order chi connectivity index (χ1) is 10.2. The SMILES string of the molecule is O=C1CCC(CNC(=O)c2ccccc2C#CCCO)N1. The third kappa shape index (κ3) is 4.33. The Morgan fingerprint density at radius 1 is 1.43 bits per heavy atom. The number of aliphatic hydroxyl groups is 1. The van der Waals surface area contributed by atoms with Gasteiger partial charge >= 0.3 is 0 Å². The largest absolute Gasteiger partial charge is 0.395 e. The summed E-state index contributed by atoms with van der Waals surface area (Å²) >= 11 is 0. The van der Waals surface area contributed by atoms with Gasteiger partial charge in [0, 0.05) is 31.0 Å². The van der Waals surface area contributed by atoms with Crippen molar-refractivity contribution in [2.75, 3.05) is 13.2 Å². The number of benzene rings is 1. The van der Waals surface area contributed by atoms with Gasteiger partial charge in [-0.2, -0.15) is 0 Å². The third-order valence-electron chi connectivity index (χ3n) is 3.23. The fourth-order valence-corrected chi connectivity index (χ4v) is 2.15. The molecule has 5 heteroatoms. The highest BCUT2D eigenvalue weighted by molar-refractivity contribution is 5.96. The Hall–Kier alpha value is -2.32. The molecular formula is C16H18N2O3. The Kier molecular flexibility index (Phi) is 5.35. The van der Waals surface area contributed by atoms with E-state index in [0.29, 0.717) is 30.5 Å². The standard InChI is InChI=1S/C16H18N2O3/c19-10-4-3-6-12-5-1-2-7-14(12)16(21)17-11-13-8-9-15(20)18-13/h1-2,5,7,13,19H,4,8-11H2,(H,17,21)(H,18,20). The second-order valence-electron chi connectivity index (χ2n) is 4.83. The van der Waals surface area contributed by atoms with Gasteiger partial charge in [-0.25, -0.2) is 0 Å². The number of carbonyl (C=O) groups excluding carboxylic acids is 2. The van der Waals surface area contributed by atoms with Crippen molar-refractivity contribution in [2.45, 2.75) is 25.3 Å². The average Bonchev–Trinajstić information content (AvgIpc) is 2.91. The van der Waals surface area contributed by atoms with Gasteiger partial charge in [0.05, 0.1) is 12.2 Å². The van der Waals surface area contributed by atoms with Crippen LogP contribution < -0.4 is 10.6 Å². The minimum absolute atomic E-state index is 0.00272. The molecule has 1 fully saturated rings. The molecule has 2 amide bonds. The maximum Gasteiger partial charge on any atom is 0.252 e. The second-order valence-corrected chi connectivity index (χ2v) is 4.83. The van der Waals surface area contributed by atoms with Crippen LogP contribution in [0, 0.1) is 11.8 Å². The highest BCUT2D eigenvalue weighted by Gasteiger charge is 2.21. The molecule has 1 aromatic carbocycles. The molecule has 0 radical (unpaired) electrons. The molecule has 110 valence electrons. The molecule has 2 rings (SSSR count). The van der Waals surface area contributed by atoms with Crippen LogP contribution in [0.1, 0.15) is 35.2 Å². The van der Waals surface area contributed by atoms with Crippen molar-refractivity contribution in [3.8, 4) is 11.8 Å². The van der Waals surface area contributed by atoms with Gasteiger partial charge in [-0.05, 0) is 18.6 Å². The third-order valence-corrected chi connectivity index (χ3v) is 3.23. The predicted molar refractivity (Wildman–Crippen MR) is 78.5 cm³/mol. The van der Waals surface area contributed by atoms with Gasteiger partial charge in [0.1, 0.15) is 0 Å². The molecule has 1 heterocycles. The topological polar surface area (TPSA) is 78.4 Å². The van der Waals surface area contributed by atoms with Crippen molar-refractivity contribution in [1.29, 1.82) is 0 Å². The van der Waals surface area contributed by atoms with Gasteiger partial charge in [-0.3, -0.25) is 9.59 Å². The number of hydrogen-bond donors (Lipinski definition) is 3. The summed E-state index contributed by atoms with van der Waals surface area (Å²) in [7, 11) is 0. The molecule has 1 atom stereocenters. The lowest BCUT2D eigenvalue weighted by Gasteiger charge is -2.12. The zero-order valence-corrected chi connectivity index (χ0v) is 11.7. The molecule has 0 bridgehead atoms. The summed E-state index contributed by atoms with van der Waals surface area (Å²) in [5.74, 6) is 5.53. The summed E-state index contributed by atoms with van der Waals surface area (Å²) < 4.78 is 0. The lowest BCUT2D eigenvalue weighted by molar-refractivity contribution is -0.119. The maximum absolute atomic E-state index is 12.2. The van der Waals surface area contributed by atoms with E-state index in [1.54, 1.807) is 18.2 Å². The highest BCUT2D eigenvalue weighted by atomic mass is 16.2. The van der Waals surface area contributed by atoms with E-state index in [0.717, 1.165) is 6.42 Å². The van der Waals surface area contributed by atoms with Crippen LogP contribution in [0.3, 0.4) is 0 Å². The monoisotopic (exact) mass is 286 g/mol. The summed E-state index contributed by atoms with van der Waals surface area (Å²) in [6.07, 6.45) is 1.64. The number of hydrogen-bond acceptors (Lipinski definition) is 3. The molecular weight excluding hydrogens is 268 g/mol. The van der Waals surface area contributed by atoms with Crippen LogP contribution in [-0.2, 0) is 4.79 Å². The Morgan fingerprint density at radius 2 is 2.24 bits per heavy atom. The van der Waals surface area contributed by atoms with E-state index in [9.17, 15) is 9.59 Å². The van der Waals surface area contributed by atoms with Crippen LogP contribution in [0.4, 0.5) is 0 Å². The smallest absolute Gasteiger partial charge is 0.252 e. The van der Waals surface area contributed by atoms with Crippen molar-refractivity contribution in [3.63, 3.8) is 0 Å². The van der Waals surface area contributed by atoms with E-state index in [1.165, 1.54) is 0 Å². The number of rotatable bonds is 4. The normalized spacial score (nSPS) is 16.8. The predicted octanol–water partition coefficient (Wildman–Crippen LogP) is 0.429. The van der Waals surface area contributed by atoms with Crippen molar-refractivity contribution < 1.29 is 14.7 Å². The van der Waals surface area contributed by atoms with Crippen LogP contribution in [0.5, 0.6) is 0 Å². The first-order valence-corrected chi connectivity index (χ1v) is 6.97. The molecule has 0 saturated carbocycles. The van der Waals surface area contributed by atoms with Crippen molar-refractivity contribution in [2.24, 2.45) is 0 Å². The summed E-state index contributed by atoms with van der Waals surface area (Å²) in [5.41, 5.74) is 1.14. The average molecular weight is 286 g/mol. The minimum Gasteiger partial charge on any atom is -0.395 e. The molecule has 0 aliphatic carbocycles. The Morgan fingerprint density at radius 3 is 2.95 bits per heavy atom. The summed E-state index contributed by atoms with van der Waals surface area (Å²) in [4.78, 5) is 23.3. The molecule has 1 aliphatic rings. The molecule has 3 N–H and O–H groups in total. The van der Waals surface area contributed by atoms with Gasteiger partial charge in [-0.1, -0.05) is 24.0 Å². The van der Waals surface area contributed by atoms with E-state index < -0.39 is 0 Å². The minimum atomic E-state index is -0.204. The quantitative estimate of drug-likeness (QED) is 0.702. The van der Waals surface area contributed by atoms with Gasteiger partial charge in [0.15, 0.2) is 0 Å². The number of amides is 2. The Balaban J connectivity index is 1.99. The van der Waals surface area contributed by atoms with E-state index in [2.05, 4.69) is 22.5 Å². The van der Waals surface area contributed by atoms with Crippen molar-refractivity contribution >= 4 is 11.8 Å². The van der Waals surface area contributed by atoms with Crippen molar-refractivity contribution in [3.05, 3.63) is 35.4 Å². The van der Waals surface area contributed by atoms with Gasteiger partial charge in [0.2, 0.25) is 5.91 Å². The van der Waals surface area contributed by atoms with E-state index in [4.69, 9.17) is 5.11 Å². The highest BCUT2D eigenvalue weighted by Crippen LogP contribution is 2.09. The van der Waals surface area contributed by atoms with Crippen LogP contribution >= 0.6 is 0 Å². The van der Waals surface area contributed by atoms with Crippen LogP contribution in [-0.4, -0.2) is 36.1 Å². The molecule has 5 nitrogen and oxygen atoms in total. The molecule has 1 unspecified atom stereocenters. The molecule has 0 aromatic heterocycles. The summed E-state index contributed by atoms with van der Waals surface area (Å²) in [5, 5.41) is 14.4. The first-order valence-electron chi connectivity index (χ1n) is 6.97. The lowest BCUT2D eigenvalue weighted by Crippen LogP contribution is -2.38. The Bertz CT molecular complexity index is 587. The van der Waals surface area contributed by atoms with Gasteiger partial charge < -0.3 is 15.7 Å². The number of aliphatic hydroxyl groups excluding tert-OH is 1. The van der Waals surface area contributed by atoms with Crippen molar-refractivity contribution in [1.82, 2.24) is 10.6 Å². The molecule has 1 aromatic rings. The van der Waals surface area contributed by atoms with E-state index >= 15 is 0 Å². The fourth-order valence-electron chi connectivity index (χ4n) is 2.15. The zero-order valence-electron chi connectivity index (χ0n) is 11.7. The lowest BCUT2D eigenvalue weighted by atomic mass is 10.1. The fraction of sp³-hybridized carbons (Fsp3) is 0.375. The number of nitrogens with one attached hydrogen (secondary N) is 2. The summed E-state index contributed by atoms with van der Waals surface area (Å²) in [6, 6.07) is 7.09. The molecule has 0 spiro atoms. The van der Waals surface area contributed by atoms with E-state index in [-0.39, 0.29) is 24.5 Å². The Labute approximate surface area is 123 Å². The number of carbonyl (C=O) groups is 2. The van der Waals surface area contributed by atoms with Crippen LogP contribution in [0.25, 0.3) is 0 Å². The molecule has 1 aliphatic heterocycles. The summed E-state index contributed by atoms with van der Waals surface area (Å²) in [6.45, 7) is 0.422. The van der Waals surface area contributed by atoms with Crippen LogP contribution in [0.15, 0.2) is 24.3 Å². The molecule has 1 saturated heterocycles.